The summed E-state index contributed by atoms with van der Waals surface area (Å²) in [4.78, 5) is 11.5. The molecule has 1 saturated carbocycles. The normalized spacial score (nSPS) is 49.7. The highest BCUT2D eigenvalue weighted by Gasteiger charge is 2.63. The van der Waals surface area contributed by atoms with Crippen LogP contribution in [0.3, 0.4) is 0 Å². The van der Waals surface area contributed by atoms with Gasteiger partial charge < -0.3 is 14.6 Å². The molecule has 0 aromatic heterocycles. The fourth-order valence-corrected chi connectivity index (χ4v) is 4.12. The minimum atomic E-state index is -0.701. The first kappa shape index (κ1) is 13.8. The van der Waals surface area contributed by atoms with Gasteiger partial charge in [0.1, 0.15) is 0 Å². The molecule has 0 amide bonds. The molecule has 1 aliphatic carbocycles. The van der Waals surface area contributed by atoms with Crippen LogP contribution in [0.2, 0.25) is 0 Å². The van der Waals surface area contributed by atoms with Crippen molar-refractivity contribution < 1.29 is 24.4 Å². The molecule has 4 aliphatic rings. The fraction of sp³-hybridized carbons (Fsp3) is 1.00. The second-order valence-corrected chi connectivity index (χ2v) is 6.22. The first-order valence-electron chi connectivity index (χ1n) is 7.33. The summed E-state index contributed by atoms with van der Waals surface area (Å²) >= 11 is 0. The van der Waals surface area contributed by atoms with E-state index in [9.17, 15) is 5.11 Å². The molecule has 0 radical (unpaired) electrons. The molecule has 1 spiro atoms. The highest BCUT2D eigenvalue weighted by atomic mass is 17.3. The smallest absolute Gasteiger partial charge is 0.201 e. The van der Waals surface area contributed by atoms with E-state index < -0.39 is 17.7 Å². The zero-order valence-corrected chi connectivity index (χ0v) is 11.8. The van der Waals surface area contributed by atoms with Gasteiger partial charge in [-0.2, -0.15) is 0 Å². The van der Waals surface area contributed by atoms with Crippen molar-refractivity contribution in [3.05, 3.63) is 0 Å². The lowest BCUT2D eigenvalue weighted by molar-refractivity contribution is -0.554. The van der Waals surface area contributed by atoms with Gasteiger partial charge in [0.15, 0.2) is 11.9 Å². The van der Waals surface area contributed by atoms with Crippen LogP contribution in [0.25, 0.3) is 0 Å². The Hall–Kier alpha value is -0.200. The zero-order valence-electron chi connectivity index (χ0n) is 11.8. The van der Waals surface area contributed by atoms with Crippen LogP contribution in [0, 0.1) is 11.8 Å². The molecule has 110 valence electrons. The maximum absolute atomic E-state index is 9.33. The van der Waals surface area contributed by atoms with Crippen molar-refractivity contribution in [2.24, 2.45) is 11.8 Å². The van der Waals surface area contributed by atoms with Gasteiger partial charge in [0, 0.05) is 20.1 Å². The van der Waals surface area contributed by atoms with Gasteiger partial charge in [0.05, 0.1) is 0 Å². The Balaban J connectivity index is 1.97. The van der Waals surface area contributed by atoms with E-state index >= 15 is 0 Å². The SMILES string of the molecule is CO[C@H]1O[C@]2(C)CC[C@H]3CCCC(CCO)[C@]31OO2. The lowest BCUT2D eigenvalue weighted by Gasteiger charge is -2.53. The Bertz CT molecular complexity index is 325. The van der Waals surface area contributed by atoms with Crippen LogP contribution in [-0.2, 0) is 19.2 Å². The topological polar surface area (TPSA) is 57.2 Å². The summed E-state index contributed by atoms with van der Waals surface area (Å²) in [5.74, 6) is -0.0940. The molecule has 0 aromatic carbocycles. The molecule has 19 heavy (non-hydrogen) atoms. The number of aliphatic hydroxyl groups is 1. The van der Waals surface area contributed by atoms with Crippen molar-refractivity contribution >= 4 is 0 Å². The van der Waals surface area contributed by atoms with Crippen LogP contribution >= 0.6 is 0 Å². The summed E-state index contributed by atoms with van der Waals surface area (Å²) in [7, 11) is 1.66. The van der Waals surface area contributed by atoms with E-state index in [1.807, 2.05) is 6.92 Å². The van der Waals surface area contributed by atoms with Crippen LogP contribution in [0.1, 0.15) is 45.4 Å². The molecular formula is C14H24O5. The van der Waals surface area contributed by atoms with E-state index in [1.54, 1.807) is 7.11 Å². The van der Waals surface area contributed by atoms with Crippen LogP contribution in [-0.4, -0.2) is 36.5 Å². The maximum atomic E-state index is 9.33. The van der Waals surface area contributed by atoms with Gasteiger partial charge in [0.2, 0.25) is 5.79 Å². The molecule has 2 bridgehead atoms. The van der Waals surface area contributed by atoms with Gasteiger partial charge in [-0.15, -0.1) is 0 Å². The summed E-state index contributed by atoms with van der Waals surface area (Å²) in [6.45, 7) is 2.07. The standard InChI is InChI=1S/C14H24O5/c1-13-8-6-10-4-3-5-11(7-9-15)14(10,19-18-13)12(16-2)17-13/h10-12,15H,3-9H2,1-2H3/t10-,11?,12+,13+,14-/m1/s1. The molecule has 0 aromatic rings. The summed E-state index contributed by atoms with van der Waals surface area (Å²) in [5, 5.41) is 9.33. The third-order valence-corrected chi connectivity index (χ3v) is 5.11. The highest BCUT2D eigenvalue weighted by molar-refractivity contribution is 5.03. The highest BCUT2D eigenvalue weighted by Crippen LogP contribution is 2.55. The van der Waals surface area contributed by atoms with E-state index in [4.69, 9.17) is 19.2 Å². The van der Waals surface area contributed by atoms with E-state index in [0.29, 0.717) is 12.3 Å². The molecule has 5 heteroatoms. The molecule has 4 fully saturated rings. The average Bonchev–Trinajstić information content (AvgIpc) is 2.64. The number of hydrogen-bond donors (Lipinski definition) is 1. The Morgan fingerprint density at radius 1 is 1.26 bits per heavy atom. The Morgan fingerprint density at radius 2 is 2.11 bits per heavy atom. The van der Waals surface area contributed by atoms with Gasteiger partial charge in [-0.25, -0.2) is 9.78 Å². The summed E-state index contributed by atoms with van der Waals surface area (Å²) in [6.07, 6.45) is 5.47. The quantitative estimate of drug-likeness (QED) is 0.796. The van der Waals surface area contributed by atoms with Gasteiger partial charge in [-0.1, -0.05) is 6.42 Å². The molecule has 3 saturated heterocycles. The number of ether oxygens (including phenoxy) is 2. The monoisotopic (exact) mass is 272 g/mol. The second kappa shape index (κ2) is 4.97. The molecule has 4 rings (SSSR count). The van der Waals surface area contributed by atoms with E-state index in [2.05, 4.69) is 0 Å². The zero-order chi connectivity index (χ0) is 13.5. The lowest BCUT2D eigenvalue weighted by Crippen LogP contribution is -2.63. The number of hydrogen-bond acceptors (Lipinski definition) is 5. The minimum Gasteiger partial charge on any atom is -0.396 e. The summed E-state index contributed by atoms with van der Waals surface area (Å²) < 4.78 is 11.6. The van der Waals surface area contributed by atoms with Crippen molar-refractivity contribution in [2.75, 3.05) is 13.7 Å². The number of fused-ring (bicyclic) bond motifs is 3. The molecular weight excluding hydrogens is 248 g/mol. The van der Waals surface area contributed by atoms with Crippen LogP contribution < -0.4 is 0 Å². The number of aliphatic hydroxyl groups excluding tert-OH is 1. The van der Waals surface area contributed by atoms with Crippen molar-refractivity contribution in [3.8, 4) is 0 Å². The summed E-state index contributed by atoms with van der Waals surface area (Å²) in [6, 6.07) is 0. The Labute approximate surface area is 114 Å². The Morgan fingerprint density at radius 3 is 2.84 bits per heavy atom. The fourth-order valence-electron chi connectivity index (χ4n) is 4.12. The van der Waals surface area contributed by atoms with Crippen molar-refractivity contribution in [2.45, 2.75) is 63.1 Å². The minimum absolute atomic E-state index is 0.163. The van der Waals surface area contributed by atoms with E-state index in [0.717, 1.165) is 25.7 Å². The van der Waals surface area contributed by atoms with Crippen molar-refractivity contribution in [1.29, 1.82) is 0 Å². The third-order valence-electron chi connectivity index (χ3n) is 5.11. The molecule has 1 N–H and O–H groups in total. The van der Waals surface area contributed by atoms with Gasteiger partial charge >= 0.3 is 0 Å². The van der Waals surface area contributed by atoms with Crippen LogP contribution in [0.15, 0.2) is 0 Å². The van der Waals surface area contributed by atoms with Gasteiger partial charge in [-0.05, 0) is 44.4 Å². The summed E-state index contributed by atoms with van der Waals surface area (Å²) in [5.41, 5.74) is -0.550. The van der Waals surface area contributed by atoms with Crippen LogP contribution in [0.5, 0.6) is 0 Å². The molecule has 3 aliphatic heterocycles. The van der Waals surface area contributed by atoms with Gasteiger partial charge in [0.25, 0.3) is 0 Å². The van der Waals surface area contributed by atoms with Crippen molar-refractivity contribution in [1.82, 2.24) is 0 Å². The second-order valence-electron chi connectivity index (χ2n) is 6.22. The molecule has 5 nitrogen and oxygen atoms in total. The number of methoxy groups -OCH3 is 1. The lowest BCUT2D eigenvalue weighted by atomic mass is 9.65. The van der Waals surface area contributed by atoms with E-state index in [1.165, 1.54) is 6.42 Å². The first-order chi connectivity index (χ1) is 9.14. The predicted molar refractivity (Wildman–Crippen MR) is 67.0 cm³/mol. The predicted octanol–water partition coefficient (Wildman–Crippen LogP) is 1.98. The van der Waals surface area contributed by atoms with Crippen molar-refractivity contribution in [3.63, 3.8) is 0 Å². The largest absolute Gasteiger partial charge is 0.396 e. The van der Waals surface area contributed by atoms with E-state index in [-0.39, 0.29) is 12.5 Å². The third kappa shape index (κ3) is 2.03. The van der Waals surface area contributed by atoms with Gasteiger partial charge in [-0.3, -0.25) is 0 Å². The average molecular weight is 272 g/mol. The molecule has 1 unspecified atom stereocenters. The van der Waals surface area contributed by atoms with Crippen LogP contribution in [0.4, 0.5) is 0 Å². The molecule has 3 heterocycles. The molecule has 5 atom stereocenters. The number of rotatable bonds is 3. The first-order valence-corrected chi connectivity index (χ1v) is 7.33. The Kier molecular flexibility index (Phi) is 3.60. The maximum Gasteiger partial charge on any atom is 0.201 e.